The largest absolute Gasteiger partial charge is 0.497 e. The third-order valence-corrected chi connectivity index (χ3v) is 4.94. The fourth-order valence-electron chi connectivity index (χ4n) is 3.47. The van der Waals surface area contributed by atoms with Crippen molar-refractivity contribution in [1.82, 2.24) is 19.9 Å². The van der Waals surface area contributed by atoms with Crippen LogP contribution in [-0.2, 0) is 7.05 Å². The molecule has 7 nitrogen and oxygen atoms in total. The molecule has 7 heteroatoms. The molecule has 150 valence electrons. The number of H-pyrrole nitrogens is 1. The molecule has 0 aliphatic heterocycles. The number of hydrogen-bond donors (Lipinski definition) is 3. The van der Waals surface area contributed by atoms with E-state index in [0.717, 1.165) is 33.3 Å². The second-order valence-electron chi connectivity index (χ2n) is 7.84. The summed E-state index contributed by atoms with van der Waals surface area (Å²) in [6, 6.07) is 9.58. The highest BCUT2D eigenvalue weighted by Gasteiger charge is 2.19. The number of aromatic nitrogens is 3. The van der Waals surface area contributed by atoms with E-state index in [1.54, 1.807) is 33.2 Å². The second kappa shape index (κ2) is 6.93. The van der Waals surface area contributed by atoms with Crippen LogP contribution < -0.4 is 10.1 Å². The predicted molar refractivity (Wildman–Crippen MR) is 113 cm³/mol. The van der Waals surface area contributed by atoms with Gasteiger partial charge in [-0.1, -0.05) is 0 Å². The number of fused-ring (bicyclic) bond motifs is 2. The molecule has 3 heterocycles. The summed E-state index contributed by atoms with van der Waals surface area (Å²) < 4.78 is 7.44. The van der Waals surface area contributed by atoms with Crippen LogP contribution in [-0.4, -0.2) is 44.8 Å². The van der Waals surface area contributed by atoms with Crippen molar-refractivity contribution in [3.63, 3.8) is 0 Å². The first-order valence-electron chi connectivity index (χ1n) is 9.38. The van der Waals surface area contributed by atoms with Gasteiger partial charge in [0.1, 0.15) is 11.4 Å². The lowest BCUT2D eigenvalue weighted by molar-refractivity contribution is 0.0695. The molecule has 3 N–H and O–H groups in total. The number of hydrogen-bond acceptors (Lipinski definition) is 4. The molecule has 0 bridgehead atoms. The highest BCUT2D eigenvalue weighted by atomic mass is 16.5. The van der Waals surface area contributed by atoms with Crippen molar-refractivity contribution >= 4 is 27.8 Å². The van der Waals surface area contributed by atoms with Crippen LogP contribution in [0.1, 0.15) is 24.2 Å². The molecule has 1 aromatic carbocycles. The molecular formula is C22H24N4O3. The molecular weight excluding hydrogens is 368 g/mol. The van der Waals surface area contributed by atoms with Gasteiger partial charge < -0.3 is 24.7 Å². The SMILES string of the molecule is COc1ccc2c(c1)c(-c1cc3c(C(=O)NCC(C)(C)O)ccnc3[nH]1)cn2C. The maximum atomic E-state index is 12.7. The zero-order chi connectivity index (χ0) is 20.8. The van der Waals surface area contributed by atoms with E-state index in [2.05, 4.69) is 19.9 Å². The topological polar surface area (TPSA) is 92.2 Å². The van der Waals surface area contributed by atoms with Crippen LogP contribution in [0.15, 0.2) is 42.7 Å². The summed E-state index contributed by atoms with van der Waals surface area (Å²) in [5.41, 5.74) is 3.12. The molecule has 0 radical (unpaired) electrons. The predicted octanol–water partition coefficient (Wildman–Crippen LogP) is 3.23. The van der Waals surface area contributed by atoms with Crippen molar-refractivity contribution in [3.05, 3.63) is 48.3 Å². The number of rotatable bonds is 5. The lowest BCUT2D eigenvalue weighted by atomic mass is 10.1. The number of nitrogens with one attached hydrogen (secondary N) is 2. The molecule has 4 rings (SSSR count). The number of aliphatic hydroxyl groups is 1. The molecule has 0 atom stereocenters. The van der Waals surface area contributed by atoms with Gasteiger partial charge in [0.25, 0.3) is 5.91 Å². The van der Waals surface area contributed by atoms with E-state index in [-0.39, 0.29) is 12.5 Å². The molecule has 0 fully saturated rings. The molecule has 1 amide bonds. The Morgan fingerprint density at radius 2 is 2.07 bits per heavy atom. The molecule has 0 unspecified atom stereocenters. The third-order valence-electron chi connectivity index (χ3n) is 4.94. The van der Waals surface area contributed by atoms with Gasteiger partial charge in [0.15, 0.2) is 0 Å². The number of aryl methyl sites for hydroxylation is 1. The number of nitrogens with zero attached hydrogens (tertiary/aromatic N) is 2. The Morgan fingerprint density at radius 1 is 1.28 bits per heavy atom. The van der Waals surface area contributed by atoms with Crippen LogP contribution in [0.25, 0.3) is 33.2 Å². The van der Waals surface area contributed by atoms with Crippen molar-refractivity contribution in [2.75, 3.05) is 13.7 Å². The lowest BCUT2D eigenvalue weighted by Gasteiger charge is -2.17. The van der Waals surface area contributed by atoms with Gasteiger partial charge in [-0.15, -0.1) is 0 Å². The second-order valence-corrected chi connectivity index (χ2v) is 7.84. The molecule has 0 saturated heterocycles. The average molecular weight is 392 g/mol. The Balaban J connectivity index is 1.79. The number of amides is 1. The van der Waals surface area contributed by atoms with E-state index in [1.807, 2.05) is 37.5 Å². The molecule has 4 aromatic rings. The maximum Gasteiger partial charge on any atom is 0.252 e. The Hall–Kier alpha value is -3.32. The smallest absolute Gasteiger partial charge is 0.252 e. The van der Waals surface area contributed by atoms with Gasteiger partial charge in [0.05, 0.1) is 18.3 Å². The minimum atomic E-state index is -0.979. The van der Waals surface area contributed by atoms with E-state index in [1.165, 1.54) is 0 Å². The number of pyridine rings is 1. The Kier molecular flexibility index (Phi) is 4.55. The van der Waals surface area contributed by atoms with Crippen LogP contribution in [0, 0.1) is 0 Å². The minimum absolute atomic E-state index is 0.163. The zero-order valence-electron chi connectivity index (χ0n) is 16.9. The van der Waals surface area contributed by atoms with Crippen molar-refractivity contribution < 1.29 is 14.6 Å². The van der Waals surface area contributed by atoms with Crippen LogP contribution in [0.3, 0.4) is 0 Å². The van der Waals surface area contributed by atoms with Gasteiger partial charge in [0.2, 0.25) is 0 Å². The summed E-state index contributed by atoms with van der Waals surface area (Å²) in [7, 11) is 3.64. The number of benzene rings is 1. The molecule has 3 aromatic heterocycles. The van der Waals surface area contributed by atoms with Crippen LogP contribution in [0.4, 0.5) is 0 Å². The van der Waals surface area contributed by atoms with Crippen LogP contribution in [0.2, 0.25) is 0 Å². The molecule has 0 aliphatic rings. The molecule has 0 aliphatic carbocycles. The summed E-state index contributed by atoms with van der Waals surface area (Å²) in [4.78, 5) is 20.4. The Morgan fingerprint density at radius 3 is 2.79 bits per heavy atom. The highest BCUT2D eigenvalue weighted by molar-refractivity contribution is 6.07. The molecule has 0 saturated carbocycles. The Labute approximate surface area is 168 Å². The van der Waals surface area contributed by atoms with E-state index < -0.39 is 5.60 Å². The van der Waals surface area contributed by atoms with Crippen LogP contribution in [0.5, 0.6) is 5.75 Å². The summed E-state index contributed by atoms with van der Waals surface area (Å²) in [5, 5.41) is 14.4. The van der Waals surface area contributed by atoms with Crippen molar-refractivity contribution in [1.29, 1.82) is 0 Å². The first-order chi connectivity index (χ1) is 13.8. The number of ether oxygens (including phenoxy) is 1. The van der Waals surface area contributed by atoms with Crippen molar-refractivity contribution in [2.24, 2.45) is 7.05 Å². The third kappa shape index (κ3) is 3.56. The fourth-order valence-corrected chi connectivity index (χ4v) is 3.47. The lowest BCUT2D eigenvalue weighted by Crippen LogP contribution is -2.38. The van der Waals surface area contributed by atoms with Gasteiger partial charge in [-0.3, -0.25) is 4.79 Å². The molecule has 29 heavy (non-hydrogen) atoms. The highest BCUT2D eigenvalue weighted by Crippen LogP contribution is 2.34. The minimum Gasteiger partial charge on any atom is -0.497 e. The van der Waals surface area contributed by atoms with E-state index in [9.17, 15) is 9.90 Å². The van der Waals surface area contributed by atoms with Crippen molar-refractivity contribution in [3.8, 4) is 17.0 Å². The Bertz CT molecular complexity index is 1210. The standard InChI is InChI=1S/C22H24N4O3/c1-22(2,28)12-24-21(27)14-7-8-23-20-16(14)10-18(25-20)17-11-26(3)19-6-5-13(29-4)9-15(17)19/h5-11,28H,12H2,1-4H3,(H,23,25)(H,24,27). The summed E-state index contributed by atoms with van der Waals surface area (Å²) in [6.07, 6.45) is 3.65. The van der Waals surface area contributed by atoms with Gasteiger partial charge in [0, 0.05) is 53.5 Å². The van der Waals surface area contributed by atoms with E-state index >= 15 is 0 Å². The van der Waals surface area contributed by atoms with E-state index in [0.29, 0.717) is 11.2 Å². The van der Waals surface area contributed by atoms with Crippen LogP contribution >= 0.6 is 0 Å². The number of methoxy groups -OCH3 is 1. The number of aromatic amines is 1. The first kappa shape index (κ1) is 19.0. The van der Waals surface area contributed by atoms with Gasteiger partial charge in [-0.05, 0) is 44.2 Å². The maximum absolute atomic E-state index is 12.7. The molecule has 0 spiro atoms. The first-order valence-corrected chi connectivity index (χ1v) is 9.38. The summed E-state index contributed by atoms with van der Waals surface area (Å²) in [6.45, 7) is 3.47. The number of carbonyl (C=O) groups excluding carboxylic acids is 1. The monoisotopic (exact) mass is 392 g/mol. The van der Waals surface area contributed by atoms with Gasteiger partial charge in [-0.25, -0.2) is 4.98 Å². The van der Waals surface area contributed by atoms with Gasteiger partial charge >= 0.3 is 0 Å². The number of carbonyl (C=O) groups is 1. The summed E-state index contributed by atoms with van der Waals surface area (Å²) in [5.74, 6) is 0.538. The quantitative estimate of drug-likeness (QED) is 0.486. The summed E-state index contributed by atoms with van der Waals surface area (Å²) >= 11 is 0. The average Bonchev–Trinajstić information content (AvgIpc) is 3.26. The van der Waals surface area contributed by atoms with Crippen molar-refractivity contribution in [2.45, 2.75) is 19.4 Å². The van der Waals surface area contributed by atoms with Gasteiger partial charge in [-0.2, -0.15) is 0 Å². The zero-order valence-corrected chi connectivity index (χ0v) is 16.9. The van der Waals surface area contributed by atoms with E-state index in [4.69, 9.17) is 4.74 Å². The fraction of sp³-hybridized carbons (Fsp3) is 0.273. The normalized spacial score (nSPS) is 11.9.